The van der Waals surface area contributed by atoms with E-state index in [2.05, 4.69) is 6.42 Å². The lowest BCUT2D eigenvalue weighted by atomic mass is 11.0. The molecule has 1 aliphatic rings. The summed E-state index contributed by atoms with van der Waals surface area (Å²) in [7, 11) is 9.81. The van der Waals surface area contributed by atoms with Crippen molar-refractivity contribution in [3.05, 3.63) is 6.42 Å². The van der Waals surface area contributed by atoms with Crippen LogP contribution in [0.25, 0.3) is 0 Å². The van der Waals surface area contributed by atoms with Gasteiger partial charge in [-0.2, -0.15) is 0 Å². The van der Waals surface area contributed by atoms with E-state index in [0.717, 1.165) is 0 Å². The van der Waals surface area contributed by atoms with Crippen molar-refractivity contribution in [1.29, 1.82) is 0 Å². The fraction of sp³-hybridized carbons (Fsp3) is 0.667. The maximum atomic E-state index is 4.90. The van der Waals surface area contributed by atoms with Crippen molar-refractivity contribution in [2.45, 2.75) is 12.8 Å². The van der Waals surface area contributed by atoms with E-state index in [1.807, 2.05) is 0 Å². The van der Waals surface area contributed by atoms with E-state index in [-0.39, 0.29) is 0 Å². The van der Waals surface area contributed by atoms with Gasteiger partial charge in [0, 0.05) is 0 Å². The zero-order valence-corrected chi connectivity index (χ0v) is 6.38. The fourth-order valence-corrected chi connectivity index (χ4v) is 0. The highest BCUT2D eigenvalue weighted by atomic mass is 35.6. The Bertz CT molecular complexity index is 20.0. The minimum atomic E-state index is -0.639. The summed E-state index contributed by atoms with van der Waals surface area (Å²) in [4.78, 5) is 0. The van der Waals surface area contributed by atoms with Gasteiger partial charge in [0.15, 0.2) is 0 Å². The van der Waals surface area contributed by atoms with Crippen molar-refractivity contribution >= 4 is 36.3 Å². The molecule has 1 radical (unpaired) electrons. The van der Waals surface area contributed by atoms with Crippen molar-refractivity contribution in [3.8, 4) is 0 Å². The van der Waals surface area contributed by atoms with Gasteiger partial charge in [0.05, 0.1) is 0 Å². The van der Waals surface area contributed by atoms with Gasteiger partial charge >= 0.3 is 18.2 Å². The monoisotopic (exact) mass is 135 g/mol. The molecule has 0 unspecified atom stereocenters. The van der Waals surface area contributed by atoms with Crippen LogP contribution < -0.4 is 0 Å². The van der Waals surface area contributed by atoms with Crippen LogP contribution in [-0.4, -0.2) is 18.2 Å². The molecule has 0 atom stereocenters. The fourth-order valence-electron chi connectivity index (χ4n) is 0. The van der Waals surface area contributed by atoms with Gasteiger partial charge < -0.3 is 18.1 Å². The zero-order chi connectivity index (χ0) is 4.83. The maximum Gasteiger partial charge on any atom is 0.618 e. The quantitative estimate of drug-likeness (QED) is 0.447. The summed E-state index contributed by atoms with van der Waals surface area (Å²) in [5.74, 6) is 0. The minimum absolute atomic E-state index is 0.639. The molecule has 1 saturated carbocycles. The van der Waals surface area contributed by atoms with E-state index in [4.69, 9.17) is 18.1 Å². The predicted molar refractivity (Wildman–Crippen MR) is 31.0 cm³/mol. The third kappa shape index (κ3) is 18.3. The van der Waals surface area contributed by atoms with Crippen LogP contribution in [0, 0.1) is 6.42 Å². The molecular formula is C3H5Cl2Mg. The molecule has 0 saturated heterocycles. The number of halogens is 2. The van der Waals surface area contributed by atoms with Crippen molar-refractivity contribution in [1.82, 2.24) is 0 Å². The van der Waals surface area contributed by atoms with Crippen LogP contribution in [-0.2, 0) is 0 Å². The van der Waals surface area contributed by atoms with Crippen LogP contribution in [0.1, 0.15) is 12.8 Å². The molecule has 0 aromatic rings. The molecule has 1 fully saturated rings. The van der Waals surface area contributed by atoms with Crippen molar-refractivity contribution in [3.63, 3.8) is 0 Å². The van der Waals surface area contributed by atoms with Crippen LogP contribution in [0.2, 0.25) is 0 Å². The Morgan fingerprint density at radius 1 is 1.33 bits per heavy atom. The van der Waals surface area contributed by atoms with Gasteiger partial charge in [-0.15, -0.1) is 0 Å². The van der Waals surface area contributed by atoms with E-state index in [1.54, 1.807) is 0 Å². The molecule has 1 aliphatic carbocycles. The van der Waals surface area contributed by atoms with Crippen LogP contribution in [0.15, 0.2) is 0 Å². The highest BCUT2D eigenvalue weighted by molar-refractivity contribution is 7.22. The second-order valence-corrected chi connectivity index (χ2v) is 3.59. The number of rotatable bonds is 0. The molecule has 0 bridgehead atoms. The summed E-state index contributed by atoms with van der Waals surface area (Å²) in [6.07, 6.45) is 5.00. The summed E-state index contributed by atoms with van der Waals surface area (Å²) < 4.78 is 0. The summed E-state index contributed by atoms with van der Waals surface area (Å²) in [5, 5.41) is 0. The molecule has 0 aliphatic heterocycles. The number of hydrogen-bond acceptors (Lipinski definition) is 0. The van der Waals surface area contributed by atoms with Crippen LogP contribution in [0.4, 0.5) is 0 Å². The SMILES string of the molecule is [CH]1CC1.[Cl][Mg][Cl]. The molecule has 0 N–H and O–H groups in total. The lowest BCUT2D eigenvalue weighted by molar-refractivity contribution is 1.50. The van der Waals surface area contributed by atoms with Gasteiger partial charge in [0.2, 0.25) is 0 Å². The lowest BCUT2D eigenvalue weighted by Crippen LogP contribution is -1.36. The average molecular weight is 136 g/mol. The summed E-state index contributed by atoms with van der Waals surface area (Å²) in [6, 6.07) is 0. The standard InChI is InChI=1S/C3H5.2ClH.Mg/c1-2-3-1;;;/h1H,2-3H2;2*1H;/q;;;+2/p-2. The Morgan fingerprint density at radius 3 is 1.50 bits per heavy atom. The third-order valence-corrected chi connectivity index (χ3v) is 0.289. The molecule has 0 spiro atoms. The molecule has 1 rings (SSSR count). The highest BCUT2D eigenvalue weighted by Gasteiger charge is 1.95. The van der Waals surface area contributed by atoms with Gasteiger partial charge in [-0.3, -0.25) is 0 Å². The summed E-state index contributed by atoms with van der Waals surface area (Å²) in [5.41, 5.74) is 0. The lowest BCUT2D eigenvalue weighted by Gasteiger charge is -1.33. The summed E-state index contributed by atoms with van der Waals surface area (Å²) in [6.45, 7) is 0. The molecule has 0 heterocycles. The van der Waals surface area contributed by atoms with Crippen LogP contribution >= 0.6 is 18.1 Å². The van der Waals surface area contributed by atoms with E-state index < -0.39 is 18.2 Å². The van der Waals surface area contributed by atoms with Gasteiger partial charge in [0.25, 0.3) is 0 Å². The zero-order valence-electron chi connectivity index (χ0n) is 3.45. The summed E-state index contributed by atoms with van der Waals surface area (Å²) >= 11 is -0.639. The first-order valence-corrected chi connectivity index (χ1v) is 6.13. The third-order valence-electron chi connectivity index (χ3n) is 0.289. The Hall–Kier alpha value is 1.35. The predicted octanol–water partition coefficient (Wildman–Crippen LogP) is 1.98. The van der Waals surface area contributed by atoms with Crippen LogP contribution in [0.3, 0.4) is 0 Å². The molecule has 6 heavy (non-hydrogen) atoms. The Balaban J connectivity index is 0.0000000833. The van der Waals surface area contributed by atoms with Gasteiger partial charge in [0.1, 0.15) is 0 Å². The average Bonchev–Trinajstić information content (AvgIpc) is 2.11. The van der Waals surface area contributed by atoms with Crippen molar-refractivity contribution in [2.75, 3.05) is 0 Å². The first kappa shape index (κ1) is 7.35. The van der Waals surface area contributed by atoms with E-state index in [1.165, 1.54) is 12.8 Å². The maximum absolute atomic E-state index is 4.90. The Morgan fingerprint density at radius 2 is 1.50 bits per heavy atom. The van der Waals surface area contributed by atoms with Gasteiger partial charge in [-0.25, -0.2) is 0 Å². The van der Waals surface area contributed by atoms with Crippen molar-refractivity contribution < 1.29 is 0 Å². The molecule has 0 aromatic heterocycles. The smallest absolute Gasteiger partial charge is 0.309 e. The second kappa shape index (κ2) is 6.35. The minimum Gasteiger partial charge on any atom is -0.309 e. The highest BCUT2D eigenvalue weighted by Crippen LogP contribution is 2.12. The van der Waals surface area contributed by atoms with E-state index in [0.29, 0.717) is 0 Å². The van der Waals surface area contributed by atoms with Gasteiger partial charge in [-0.1, -0.05) is 0 Å². The molecule has 3 heteroatoms. The Kier molecular flexibility index (Phi) is 7.77. The number of hydrogen-bond donors (Lipinski definition) is 0. The molecule has 0 amide bonds. The molecular weight excluding hydrogens is 131 g/mol. The van der Waals surface area contributed by atoms with Crippen molar-refractivity contribution in [2.24, 2.45) is 0 Å². The molecule has 0 aromatic carbocycles. The topological polar surface area (TPSA) is 0 Å². The van der Waals surface area contributed by atoms with E-state index in [9.17, 15) is 0 Å². The largest absolute Gasteiger partial charge is 0.618 e. The first-order chi connectivity index (χ1) is 2.91. The molecule has 33 valence electrons. The first-order valence-electron chi connectivity index (χ1n) is 1.85. The molecule has 0 nitrogen and oxygen atoms in total. The van der Waals surface area contributed by atoms with E-state index >= 15 is 0 Å². The normalized spacial score (nSPS) is 13.7. The Labute approximate surface area is 55.5 Å². The van der Waals surface area contributed by atoms with Crippen LogP contribution in [0.5, 0.6) is 0 Å². The van der Waals surface area contributed by atoms with Gasteiger partial charge in [-0.05, 0) is 19.3 Å². The second-order valence-electron chi connectivity index (χ2n) is 0.967.